The minimum Gasteiger partial charge on any atom is -0.550 e. The summed E-state index contributed by atoms with van der Waals surface area (Å²) in [5.41, 5.74) is 0. The molecule has 21 heavy (non-hydrogen) atoms. The second kappa shape index (κ2) is 26.4. The molecule has 0 aliphatic carbocycles. The third kappa shape index (κ3) is 130. The normalized spacial score (nSPS) is 7.05. The van der Waals surface area contributed by atoms with E-state index in [1.807, 2.05) is 0 Å². The smallest absolute Gasteiger partial charge is 0.550 e. The monoisotopic (exact) mass is 304 g/mol. The molecule has 0 aliphatic rings. The number of carboxylic acids is 4. The molecular formula is C13H20O8. The van der Waals surface area contributed by atoms with Crippen molar-refractivity contribution in [3.63, 3.8) is 0 Å². The third-order valence-corrected chi connectivity index (χ3v) is 1.15. The van der Waals surface area contributed by atoms with Gasteiger partial charge in [-0.25, -0.2) is 0 Å². The van der Waals surface area contributed by atoms with Gasteiger partial charge in [0.25, 0.3) is 0 Å². The standard InChI is InChI=1S/4C3H6O2.C/c4*1-2-3(4)5;/h4*2H2,1H3,(H,4,5);/q;;;;+4/p-4. The average molecular weight is 304 g/mol. The average Bonchev–Trinajstić information content (AvgIpc) is 2.40. The largest absolute Gasteiger partial charge is 4.00 e. The van der Waals surface area contributed by atoms with Crippen LogP contribution in [0.2, 0.25) is 0 Å². The molecule has 0 aromatic carbocycles. The molecule has 0 aromatic heterocycles. The summed E-state index contributed by atoms with van der Waals surface area (Å²) in [7, 11) is 0. The van der Waals surface area contributed by atoms with Gasteiger partial charge in [0, 0.05) is 23.9 Å². The van der Waals surface area contributed by atoms with E-state index in [1.54, 1.807) is 0 Å². The molecule has 0 rings (SSSR count). The van der Waals surface area contributed by atoms with Crippen molar-refractivity contribution in [3.8, 4) is 0 Å². The Labute approximate surface area is 125 Å². The van der Waals surface area contributed by atoms with E-state index in [4.69, 9.17) is 0 Å². The van der Waals surface area contributed by atoms with E-state index in [0.29, 0.717) is 0 Å². The predicted molar refractivity (Wildman–Crippen MR) is 64.4 cm³/mol. The van der Waals surface area contributed by atoms with Gasteiger partial charge in [-0.3, -0.25) is 0 Å². The Kier molecular flexibility index (Phi) is 39.5. The number of hydrogen-bond acceptors (Lipinski definition) is 8. The number of carbonyl (C=O) groups excluding carboxylic acids is 4. The maximum absolute atomic E-state index is 9.26. The molecule has 0 N–H and O–H groups in total. The molecule has 0 bridgehead atoms. The summed E-state index contributed by atoms with van der Waals surface area (Å²) in [6, 6.07) is 0. The van der Waals surface area contributed by atoms with E-state index >= 15 is 0 Å². The first-order valence-electron chi connectivity index (χ1n) is 5.88. The molecule has 0 aromatic rings. The number of hydrogen-bond donors (Lipinski definition) is 0. The van der Waals surface area contributed by atoms with Crippen LogP contribution in [0.15, 0.2) is 0 Å². The molecule has 0 unspecified atom stereocenters. The molecule has 0 fully saturated rings. The van der Waals surface area contributed by atoms with Crippen LogP contribution in [0.1, 0.15) is 53.4 Å². The van der Waals surface area contributed by atoms with Crippen molar-refractivity contribution < 1.29 is 39.6 Å². The van der Waals surface area contributed by atoms with E-state index in [2.05, 4.69) is 0 Å². The fraction of sp³-hybridized carbons (Fsp3) is 0.615. The number of rotatable bonds is 4. The summed E-state index contributed by atoms with van der Waals surface area (Å²) >= 11 is 0. The molecule has 0 aliphatic heterocycles. The molecule has 0 atom stereocenters. The molecule has 120 valence electrons. The fourth-order valence-corrected chi connectivity index (χ4v) is 0. The SMILES string of the molecule is CCC(=O)[O-].CCC(=O)[O-].CCC(=O)[O-].CCC(=O)[O-].[C+4]. The van der Waals surface area contributed by atoms with Gasteiger partial charge in [-0.15, -0.1) is 0 Å². The zero-order valence-electron chi connectivity index (χ0n) is 12.6. The van der Waals surface area contributed by atoms with Crippen molar-refractivity contribution in [1.29, 1.82) is 0 Å². The van der Waals surface area contributed by atoms with Crippen LogP contribution in [-0.4, -0.2) is 23.9 Å². The second-order valence-electron chi connectivity index (χ2n) is 2.90. The van der Waals surface area contributed by atoms with Crippen LogP contribution in [-0.2, 0) is 19.2 Å². The molecule has 0 saturated heterocycles. The number of carboxylic acid groups (broad SMARTS) is 4. The van der Waals surface area contributed by atoms with Crippen LogP contribution in [0, 0.1) is 7.43 Å². The van der Waals surface area contributed by atoms with Gasteiger partial charge in [0.1, 0.15) is 0 Å². The van der Waals surface area contributed by atoms with Crippen molar-refractivity contribution in [2.45, 2.75) is 53.4 Å². The summed E-state index contributed by atoms with van der Waals surface area (Å²) in [5, 5.41) is 37.0. The van der Waals surface area contributed by atoms with Crippen LogP contribution in [0.5, 0.6) is 0 Å². The van der Waals surface area contributed by atoms with Crippen LogP contribution >= 0.6 is 0 Å². The molecule has 0 amide bonds. The maximum atomic E-state index is 9.26. The van der Waals surface area contributed by atoms with E-state index < -0.39 is 23.9 Å². The van der Waals surface area contributed by atoms with Crippen molar-refractivity contribution in [2.75, 3.05) is 0 Å². The first kappa shape index (κ1) is 31.3. The minimum absolute atomic E-state index is 0. The quantitative estimate of drug-likeness (QED) is 0.521. The first-order valence-corrected chi connectivity index (χ1v) is 5.88. The molecule has 0 radical (unpaired) electrons. The van der Waals surface area contributed by atoms with E-state index in [9.17, 15) is 39.6 Å². The zero-order chi connectivity index (χ0) is 17.1. The Balaban J connectivity index is -0.0000000533. The maximum Gasteiger partial charge on any atom is 4.00 e. The van der Waals surface area contributed by atoms with Crippen molar-refractivity contribution >= 4 is 23.9 Å². The van der Waals surface area contributed by atoms with Crippen LogP contribution in [0.3, 0.4) is 0 Å². The zero-order valence-corrected chi connectivity index (χ0v) is 12.6. The Hall–Kier alpha value is -2.12. The Morgan fingerprint density at radius 3 is 0.571 bits per heavy atom. The Morgan fingerprint density at radius 2 is 0.571 bits per heavy atom. The van der Waals surface area contributed by atoms with Crippen LogP contribution in [0.4, 0.5) is 0 Å². The summed E-state index contributed by atoms with van der Waals surface area (Å²) in [5.74, 6) is -3.98. The summed E-state index contributed by atoms with van der Waals surface area (Å²) < 4.78 is 0. The third-order valence-electron chi connectivity index (χ3n) is 1.15. The van der Waals surface area contributed by atoms with Gasteiger partial charge in [-0.1, -0.05) is 27.7 Å². The molecule has 8 heteroatoms. The second-order valence-corrected chi connectivity index (χ2v) is 2.90. The van der Waals surface area contributed by atoms with Gasteiger partial charge >= 0.3 is 7.43 Å². The molecule has 8 nitrogen and oxygen atoms in total. The molecule has 0 heterocycles. The summed E-state index contributed by atoms with van der Waals surface area (Å²) in [6.07, 6.45) is 0.444. The number of carbonyl (C=O) groups is 4. The Morgan fingerprint density at radius 1 is 0.524 bits per heavy atom. The van der Waals surface area contributed by atoms with E-state index in [-0.39, 0.29) is 33.1 Å². The van der Waals surface area contributed by atoms with Gasteiger partial charge in [0.05, 0.1) is 0 Å². The Bertz CT molecular complexity index is 217. The summed E-state index contributed by atoms with van der Waals surface area (Å²) in [6.45, 7) is 6.15. The van der Waals surface area contributed by atoms with Gasteiger partial charge in [-0.2, -0.15) is 0 Å². The summed E-state index contributed by atoms with van der Waals surface area (Å²) in [4.78, 5) is 37.0. The number of aliphatic carboxylic acids is 4. The van der Waals surface area contributed by atoms with E-state index in [1.165, 1.54) is 27.7 Å². The minimum atomic E-state index is -0.995. The van der Waals surface area contributed by atoms with Gasteiger partial charge in [0.2, 0.25) is 0 Å². The topological polar surface area (TPSA) is 161 Å². The van der Waals surface area contributed by atoms with Gasteiger partial charge in [-0.05, 0) is 25.7 Å². The van der Waals surface area contributed by atoms with E-state index in [0.717, 1.165) is 0 Å². The van der Waals surface area contributed by atoms with Crippen LogP contribution in [0.25, 0.3) is 0 Å². The van der Waals surface area contributed by atoms with Gasteiger partial charge in [0.15, 0.2) is 0 Å². The molecule has 0 spiro atoms. The predicted octanol–water partition coefficient (Wildman–Crippen LogP) is -3.33. The van der Waals surface area contributed by atoms with Crippen molar-refractivity contribution in [3.05, 3.63) is 7.43 Å². The molecule has 0 saturated carbocycles. The first-order chi connectivity index (χ1) is 9.08. The van der Waals surface area contributed by atoms with Crippen molar-refractivity contribution in [1.82, 2.24) is 0 Å². The molecular weight excluding hydrogens is 284 g/mol. The van der Waals surface area contributed by atoms with Crippen molar-refractivity contribution in [2.24, 2.45) is 0 Å². The van der Waals surface area contributed by atoms with Gasteiger partial charge < -0.3 is 39.6 Å². The van der Waals surface area contributed by atoms with Crippen LogP contribution < -0.4 is 20.4 Å². The fourth-order valence-electron chi connectivity index (χ4n) is 0.